The van der Waals surface area contributed by atoms with Gasteiger partial charge >= 0.3 is 5.95 Å². The lowest BCUT2D eigenvalue weighted by atomic mass is 10.1. The Balaban J connectivity index is 2.02. The van der Waals surface area contributed by atoms with Gasteiger partial charge in [0.2, 0.25) is 0 Å². The number of anilines is 1. The second kappa shape index (κ2) is 5.53. The summed E-state index contributed by atoms with van der Waals surface area (Å²) in [7, 11) is -3.85. The molecule has 0 aliphatic carbocycles. The van der Waals surface area contributed by atoms with Crippen LogP contribution in [-0.2, 0) is 10.0 Å². The van der Waals surface area contributed by atoms with Gasteiger partial charge in [-0.05, 0) is 12.1 Å². The summed E-state index contributed by atoms with van der Waals surface area (Å²) in [5, 5.41) is 13.5. The Labute approximate surface area is 127 Å². The fourth-order valence-corrected chi connectivity index (χ4v) is 3.05. The molecule has 2 aromatic carbocycles. The number of benzene rings is 2. The number of aromatic hydroxyl groups is 1. The van der Waals surface area contributed by atoms with E-state index in [1.807, 2.05) is 6.07 Å². The SMILES string of the molecule is O=S(=O)(Nc1c(-c2ccccc2)noc1O)c1ccccc1. The van der Waals surface area contributed by atoms with Gasteiger partial charge in [-0.3, -0.25) is 4.72 Å². The highest BCUT2D eigenvalue weighted by Crippen LogP contribution is 2.36. The molecule has 0 aliphatic heterocycles. The summed E-state index contributed by atoms with van der Waals surface area (Å²) in [6.07, 6.45) is 0. The lowest BCUT2D eigenvalue weighted by molar-refractivity contribution is 0.280. The fraction of sp³-hybridized carbons (Fsp3) is 0. The maximum atomic E-state index is 12.3. The molecule has 0 atom stereocenters. The third-order valence-electron chi connectivity index (χ3n) is 3.01. The van der Waals surface area contributed by atoms with E-state index in [9.17, 15) is 13.5 Å². The first-order valence-electron chi connectivity index (χ1n) is 6.40. The van der Waals surface area contributed by atoms with Crippen LogP contribution in [0.25, 0.3) is 11.3 Å². The van der Waals surface area contributed by atoms with E-state index >= 15 is 0 Å². The Morgan fingerprint density at radius 2 is 1.55 bits per heavy atom. The highest BCUT2D eigenvalue weighted by Gasteiger charge is 2.23. The number of hydrogen-bond acceptors (Lipinski definition) is 5. The van der Waals surface area contributed by atoms with Crippen LogP contribution in [0.3, 0.4) is 0 Å². The maximum absolute atomic E-state index is 12.3. The van der Waals surface area contributed by atoms with Crippen LogP contribution < -0.4 is 4.72 Å². The molecule has 0 fully saturated rings. The second-order valence-electron chi connectivity index (χ2n) is 4.50. The standard InChI is InChI=1S/C15H12N2O4S/c18-15-14(13(16-21-15)11-7-3-1-4-8-11)17-22(19,20)12-9-5-2-6-10-12/h1-10,17-18H. The Hall–Kier alpha value is -2.80. The summed E-state index contributed by atoms with van der Waals surface area (Å²) in [6, 6.07) is 16.7. The van der Waals surface area contributed by atoms with Crippen LogP contribution in [0.4, 0.5) is 5.69 Å². The summed E-state index contributed by atoms with van der Waals surface area (Å²) in [4.78, 5) is 0.0783. The van der Waals surface area contributed by atoms with Crippen molar-refractivity contribution >= 4 is 15.7 Å². The van der Waals surface area contributed by atoms with Crippen molar-refractivity contribution in [2.75, 3.05) is 4.72 Å². The molecule has 0 bridgehead atoms. The second-order valence-corrected chi connectivity index (χ2v) is 6.18. The van der Waals surface area contributed by atoms with Gasteiger partial charge in [0.05, 0.1) is 4.90 Å². The van der Waals surface area contributed by atoms with Crippen LogP contribution >= 0.6 is 0 Å². The molecule has 1 aromatic heterocycles. The zero-order chi connectivity index (χ0) is 15.6. The van der Waals surface area contributed by atoms with Crippen molar-refractivity contribution in [1.82, 2.24) is 5.16 Å². The molecule has 2 N–H and O–H groups in total. The Kier molecular flexibility index (Phi) is 3.56. The van der Waals surface area contributed by atoms with Gasteiger partial charge in [0.15, 0.2) is 5.69 Å². The third kappa shape index (κ3) is 2.66. The molecule has 0 spiro atoms. The summed E-state index contributed by atoms with van der Waals surface area (Å²) in [5.41, 5.74) is 0.755. The molecule has 7 heteroatoms. The first-order chi connectivity index (χ1) is 10.6. The highest BCUT2D eigenvalue weighted by molar-refractivity contribution is 7.92. The van der Waals surface area contributed by atoms with E-state index in [1.165, 1.54) is 12.1 Å². The minimum Gasteiger partial charge on any atom is -0.478 e. The minimum absolute atomic E-state index is 0.0783. The molecular formula is C15H12N2O4S. The number of rotatable bonds is 4. The molecule has 22 heavy (non-hydrogen) atoms. The van der Waals surface area contributed by atoms with Gasteiger partial charge in [-0.15, -0.1) is 0 Å². The van der Waals surface area contributed by atoms with Gasteiger partial charge in [-0.25, -0.2) is 8.42 Å². The molecule has 3 aromatic rings. The fourth-order valence-electron chi connectivity index (χ4n) is 1.96. The van der Waals surface area contributed by atoms with E-state index < -0.39 is 16.0 Å². The molecule has 3 rings (SSSR count). The van der Waals surface area contributed by atoms with E-state index in [1.54, 1.807) is 42.5 Å². The molecule has 0 amide bonds. The van der Waals surface area contributed by atoms with Gasteiger partial charge in [0.1, 0.15) is 5.69 Å². The van der Waals surface area contributed by atoms with E-state index in [0.29, 0.717) is 5.56 Å². The molecule has 1 heterocycles. The Morgan fingerprint density at radius 3 is 2.18 bits per heavy atom. The number of hydrogen-bond donors (Lipinski definition) is 2. The van der Waals surface area contributed by atoms with Crippen molar-refractivity contribution in [3.05, 3.63) is 60.7 Å². The summed E-state index contributed by atoms with van der Waals surface area (Å²) in [6.45, 7) is 0. The van der Waals surface area contributed by atoms with E-state index in [0.717, 1.165) is 0 Å². The molecule has 0 radical (unpaired) electrons. The third-order valence-corrected chi connectivity index (χ3v) is 4.38. The van der Waals surface area contributed by atoms with Crippen LogP contribution in [0.5, 0.6) is 5.95 Å². The molecular weight excluding hydrogens is 304 g/mol. The summed E-state index contributed by atoms with van der Waals surface area (Å²) in [5.74, 6) is -0.585. The van der Waals surface area contributed by atoms with Crippen LogP contribution in [0.1, 0.15) is 0 Å². The van der Waals surface area contributed by atoms with Crippen molar-refractivity contribution in [2.24, 2.45) is 0 Å². The van der Waals surface area contributed by atoms with Crippen molar-refractivity contribution in [2.45, 2.75) is 4.90 Å². The first kappa shape index (κ1) is 14.2. The topological polar surface area (TPSA) is 92.4 Å². The van der Waals surface area contributed by atoms with Crippen molar-refractivity contribution in [3.63, 3.8) is 0 Å². The molecule has 6 nitrogen and oxygen atoms in total. The van der Waals surface area contributed by atoms with E-state index in [-0.39, 0.29) is 16.3 Å². The minimum atomic E-state index is -3.85. The molecule has 0 saturated heterocycles. The lowest BCUT2D eigenvalue weighted by Crippen LogP contribution is -2.13. The molecule has 112 valence electrons. The van der Waals surface area contributed by atoms with Gasteiger partial charge in [0, 0.05) is 5.56 Å². The van der Waals surface area contributed by atoms with Gasteiger partial charge < -0.3 is 9.63 Å². The summed E-state index contributed by atoms with van der Waals surface area (Å²) < 4.78 is 31.7. The number of nitrogens with zero attached hydrogens (tertiary/aromatic N) is 1. The zero-order valence-corrected chi connectivity index (χ0v) is 12.1. The lowest BCUT2D eigenvalue weighted by Gasteiger charge is -2.07. The monoisotopic (exact) mass is 316 g/mol. The smallest absolute Gasteiger partial charge is 0.334 e. The van der Waals surface area contributed by atoms with Crippen molar-refractivity contribution in [3.8, 4) is 17.2 Å². The van der Waals surface area contributed by atoms with E-state index in [2.05, 4.69) is 9.88 Å². The van der Waals surface area contributed by atoms with E-state index in [4.69, 9.17) is 4.52 Å². The first-order valence-corrected chi connectivity index (χ1v) is 7.88. The average molecular weight is 316 g/mol. The Bertz CT molecular complexity index is 874. The number of aromatic nitrogens is 1. The van der Waals surface area contributed by atoms with Gasteiger partial charge in [-0.2, -0.15) is 0 Å². The normalized spacial score (nSPS) is 11.3. The van der Waals surface area contributed by atoms with Gasteiger partial charge in [-0.1, -0.05) is 53.7 Å². The molecule has 0 saturated carbocycles. The van der Waals surface area contributed by atoms with Crippen molar-refractivity contribution in [1.29, 1.82) is 0 Å². The van der Waals surface area contributed by atoms with Crippen LogP contribution in [0.15, 0.2) is 70.1 Å². The zero-order valence-electron chi connectivity index (χ0n) is 11.3. The Morgan fingerprint density at radius 1 is 0.955 bits per heavy atom. The average Bonchev–Trinajstić information content (AvgIpc) is 2.90. The predicted octanol–water partition coefficient (Wildman–Crippen LogP) is 2.85. The quantitative estimate of drug-likeness (QED) is 0.772. The van der Waals surface area contributed by atoms with Gasteiger partial charge in [0.25, 0.3) is 10.0 Å². The van der Waals surface area contributed by atoms with Crippen LogP contribution in [0.2, 0.25) is 0 Å². The summed E-state index contributed by atoms with van der Waals surface area (Å²) >= 11 is 0. The largest absolute Gasteiger partial charge is 0.478 e. The molecule has 0 unspecified atom stereocenters. The predicted molar refractivity (Wildman–Crippen MR) is 80.9 cm³/mol. The molecule has 0 aliphatic rings. The van der Waals surface area contributed by atoms with Crippen LogP contribution in [0, 0.1) is 0 Å². The maximum Gasteiger partial charge on any atom is 0.334 e. The highest BCUT2D eigenvalue weighted by atomic mass is 32.2. The number of sulfonamides is 1. The van der Waals surface area contributed by atoms with Crippen molar-refractivity contribution < 1.29 is 18.0 Å². The number of nitrogens with one attached hydrogen (secondary N) is 1. The van der Waals surface area contributed by atoms with Crippen LogP contribution in [-0.4, -0.2) is 18.7 Å².